The summed E-state index contributed by atoms with van der Waals surface area (Å²) in [6, 6.07) is 0. The summed E-state index contributed by atoms with van der Waals surface area (Å²) in [7, 11) is 0. The number of rotatable bonds is 4. The zero-order valence-electron chi connectivity index (χ0n) is 30.9. The Kier molecular flexibility index (Phi) is 8.11. The van der Waals surface area contributed by atoms with E-state index in [0.29, 0.717) is 36.0 Å². The van der Waals surface area contributed by atoms with Crippen molar-refractivity contribution in [1.82, 2.24) is 0 Å². The van der Waals surface area contributed by atoms with Crippen molar-refractivity contribution in [2.45, 2.75) is 180 Å². The van der Waals surface area contributed by atoms with E-state index in [2.05, 4.69) is 41.5 Å². The molecule has 10 aliphatic rings. The second-order valence-corrected chi connectivity index (χ2v) is 19.3. The molecule has 9 heteroatoms. The fourth-order valence-electron chi connectivity index (χ4n) is 12.3. The van der Waals surface area contributed by atoms with Gasteiger partial charge in [-0.15, -0.1) is 0 Å². The van der Waals surface area contributed by atoms with Gasteiger partial charge in [-0.25, -0.2) is 24.3 Å². The first-order valence-corrected chi connectivity index (χ1v) is 19.4. The smallest absolute Gasteiger partial charge is 0.340 e. The molecule has 9 nitrogen and oxygen atoms in total. The van der Waals surface area contributed by atoms with Crippen LogP contribution in [0.1, 0.15) is 133 Å². The Hall–Kier alpha value is -1.10. The first-order valence-electron chi connectivity index (χ1n) is 19.4. The van der Waals surface area contributed by atoms with Gasteiger partial charge >= 0.3 is 5.97 Å². The molecule has 4 aliphatic carbocycles. The predicted molar refractivity (Wildman–Crippen MR) is 178 cm³/mol. The van der Waals surface area contributed by atoms with Gasteiger partial charge in [0.05, 0.1) is 29.4 Å². The van der Waals surface area contributed by atoms with Gasteiger partial charge in [0, 0.05) is 19.3 Å². The minimum Gasteiger partial charge on any atom is -0.371 e. The van der Waals surface area contributed by atoms with E-state index in [1.165, 1.54) is 12.8 Å². The quantitative estimate of drug-likeness (QED) is 0.130. The highest BCUT2D eigenvalue weighted by Crippen LogP contribution is 2.63. The largest absolute Gasteiger partial charge is 0.371 e. The van der Waals surface area contributed by atoms with Gasteiger partial charge in [-0.2, -0.15) is 0 Å². The Morgan fingerprint density at radius 1 is 0.708 bits per heavy atom. The molecule has 0 N–H and O–H groups in total. The third-order valence-electron chi connectivity index (χ3n) is 15.1. The van der Waals surface area contributed by atoms with Gasteiger partial charge in [0.2, 0.25) is 0 Å². The lowest BCUT2D eigenvalue weighted by Gasteiger charge is -2.62. The van der Waals surface area contributed by atoms with Crippen molar-refractivity contribution >= 4 is 11.7 Å². The average Bonchev–Trinajstić information content (AvgIpc) is 3.40. The molecule has 6 aliphatic heterocycles. The average molecular weight is 672 g/mol. The second-order valence-electron chi connectivity index (χ2n) is 19.3. The molecule has 270 valence electrons. The number of ether oxygens (including phenoxy) is 2. The molecule has 10 rings (SSSR count). The van der Waals surface area contributed by atoms with Crippen LogP contribution < -0.4 is 0 Å². The van der Waals surface area contributed by atoms with E-state index in [1.807, 2.05) is 20.8 Å². The number of nitrogens with zero attached hydrogens (tertiary/aromatic N) is 1. The van der Waals surface area contributed by atoms with Crippen molar-refractivity contribution in [3.8, 4) is 0 Å². The lowest BCUT2D eigenvalue weighted by atomic mass is 9.55. The Balaban J connectivity index is 1.14. The van der Waals surface area contributed by atoms with Crippen molar-refractivity contribution in [1.29, 1.82) is 0 Å². The van der Waals surface area contributed by atoms with Crippen LogP contribution in [0.15, 0.2) is 5.16 Å². The Morgan fingerprint density at radius 2 is 1.23 bits per heavy atom. The minimum absolute atomic E-state index is 0.0484. The lowest BCUT2D eigenvalue weighted by molar-refractivity contribution is -0.487. The van der Waals surface area contributed by atoms with Gasteiger partial charge in [-0.05, 0) is 133 Å². The summed E-state index contributed by atoms with van der Waals surface area (Å²) >= 11 is 0. The van der Waals surface area contributed by atoms with Gasteiger partial charge in [0.15, 0.2) is 0 Å². The highest BCUT2D eigenvalue weighted by atomic mass is 17.2. The zero-order valence-corrected chi connectivity index (χ0v) is 30.9. The molecule has 0 aromatic carbocycles. The summed E-state index contributed by atoms with van der Waals surface area (Å²) in [5, 5.41) is 4.76. The maximum atomic E-state index is 13.2. The maximum absolute atomic E-state index is 13.2. The lowest BCUT2D eigenvalue weighted by Crippen LogP contribution is -2.71. The van der Waals surface area contributed by atoms with E-state index in [0.717, 1.165) is 57.1 Å². The summed E-state index contributed by atoms with van der Waals surface area (Å²) in [4.78, 5) is 44.7. The number of hydrogen-bond acceptors (Lipinski definition) is 9. The first-order chi connectivity index (χ1) is 22.6. The standard InChI is InChI=1S/C39H61NO8/c1-21-10-12-27-23(3)30(42-31-19-36(8)16-14-25(21)38(27,31)47-45-36)18-29(40-44-34(41)35(5,6)7)33-24(4)28-13-11-22(2)26-15-17-37(9)20-32(43-33)39(26,28)48-46-37/h21-28,30-33H,10-20H2,1-9H3/b40-29-/t21-,22-,23-,24-,25+,26+,27+,28+,30-,31-,32-,33+,36-,37-,38-,39-/m1/s1. The van der Waals surface area contributed by atoms with Crippen molar-refractivity contribution in [3.05, 3.63) is 0 Å². The van der Waals surface area contributed by atoms with Crippen LogP contribution in [-0.2, 0) is 38.7 Å². The molecule has 4 saturated carbocycles. The van der Waals surface area contributed by atoms with E-state index in [4.69, 9.17) is 39.0 Å². The predicted octanol–water partition coefficient (Wildman–Crippen LogP) is 7.74. The monoisotopic (exact) mass is 671 g/mol. The van der Waals surface area contributed by atoms with Crippen molar-refractivity contribution < 1.29 is 38.7 Å². The number of hydrogen-bond donors (Lipinski definition) is 0. The summed E-state index contributed by atoms with van der Waals surface area (Å²) in [5.74, 6) is 2.47. The molecule has 10 fully saturated rings. The third-order valence-corrected chi connectivity index (χ3v) is 15.1. The summed E-state index contributed by atoms with van der Waals surface area (Å²) in [6.45, 7) is 19.4. The van der Waals surface area contributed by atoms with Gasteiger partial charge in [-0.3, -0.25) is 0 Å². The van der Waals surface area contributed by atoms with Crippen LogP contribution in [-0.4, -0.2) is 58.5 Å². The van der Waals surface area contributed by atoms with Crippen LogP contribution >= 0.6 is 0 Å². The number of fused-ring (bicyclic) bond motifs is 4. The van der Waals surface area contributed by atoms with Crippen LogP contribution in [0, 0.1) is 52.8 Å². The fraction of sp³-hybridized carbons (Fsp3) is 0.949. The van der Waals surface area contributed by atoms with Crippen LogP contribution in [0.4, 0.5) is 0 Å². The molecule has 0 aromatic rings. The number of oxime groups is 1. The molecule has 16 atom stereocenters. The van der Waals surface area contributed by atoms with E-state index >= 15 is 0 Å². The summed E-state index contributed by atoms with van der Waals surface area (Å²) in [5.41, 5.74) is -1.49. The second kappa shape index (κ2) is 11.4. The Morgan fingerprint density at radius 3 is 1.77 bits per heavy atom. The Labute approximate surface area is 287 Å². The topological polar surface area (TPSA) is 94.0 Å². The number of carbonyl (C=O) groups is 1. The molecular weight excluding hydrogens is 610 g/mol. The molecule has 0 radical (unpaired) electrons. The van der Waals surface area contributed by atoms with E-state index in [1.54, 1.807) is 0 Å². The van der Waals surface area contributed by atoms with E-state index < -0.39 is 16.6 Å². The molecule has 4 bridgehead atoms. The van der Waals surface area contributed by atoms with Crippen molar-refractivity contribution in [2.75, 3.05) is 0 Å². The van der Waals surface area contributed by atoms with Gasteiger partial charge in [-0.1, -0.05) is 32.9 Å². The number of carbonyl (C=O) groups excluding carboxylic acids is 1. The van der Waals surface area contributed by atoms with Gasteiger partial charge < -0.3 is 14.3 Å². The van der Waals surface area contributed by atoms with Crippen LogP contribution in [0.2, 0.25) is 0 Å². The first kappa shape index (κ1) is 34.0. The van der Waals surface area contributed by atoms with Gasteiger partial charge in [0.25, 0.3) is 0 Å². The normalized spacial score (nSPS) is 54.5. The molecule has 0 amide bonds. The van der Waals surface area contributed by atoms with Gasteiger partial charge in [0.1, 0.15) is 28.5 Å². The molecule has 0 unspecified atom stereocenters. The minimum atomic E-state index is -0.675. The van der Waals surface area contributed by atoms with Crippen molar-refractivity contribution in [2.24, 2.45) is 57.9 Å². The maximum Gasteiger partial charge on any atom is 0.340 e. The molecule has 0 aromatic heterocycles. The van der Waals surface area contributed by atoms with Crippen LogP contribution in [0.5, 0.6) is 0 Å². The highest BCUT2D eigenvalue weighted by molar-refractivity contribution is 5.90. The SMILES string of the molecule is C[C@H]1[C@@H](/C(C[C@H]2O[C@@H]3C[C@@]4(C)CC[C@H]5[C@H](C)CC[C@@H]([C@H]2C)[C@@]35OO4)=N\OC(=O)C(C)(C)C)O[C@@H]2C[C@@]3(C)CC[C@H]4[C@H](C)CC[C@@H]1[C@@]24OO3. The van der Waals surface area contributed by atoms with Crippen LogP contribution in [0.25, 0.3) is 0 Å². The fourth-order valence-corrected chi connectivity index (χ4v) is 12.3. The summed E-state index contributed by atoms with van der Waals surface area (Å²) in [6.07, 6.45) is 10.3. The molecule has 48 heavy (non-hydrogen) atoms. The summed E-state index contributed by atoms with van der Waals surface area (Å²) < 4.78 is 14.5. The van der Waals surface area contributed by atoms with Crippen molar-refractivity contribution in [3.63, 3.8) is 0 Å². The zero-order chi connectivity index (χ0) is 34.0. The Bertz CT molecular complexity index is 1310. The van der Waals surface area contributed by atoms with Crippen LogP contribution in [0.3, 0.4) is 0 Å². The molecule has 2 spiro atoms. The highest BCUT2D eigenvalue weighted by Gasteiger charge is 2.70. The van der Waals surface area contributed by atoms with E-state index in [-0.39, 0.29) is 59.3 Å². The van der Waals surface area contributed by atoms with E-state index in [9.17, 15) is 4.79 Å². The molecular formula is C39H61NO8. The molecule has 6 saturated heterocycles. The third kappa shape index (κ3) is 4.97. The molecule has 6 heterocycles.